The van der Waals surface area contributed by atoms with Crippen LogP contribution in [0.3, 0.4) is 0 Å². The van der Waals surface area contributed by atoms with Crippen LogP contribution in [0.4, 0.5) is 0 Å². The van der Waals surface area contributed by atoms with Crippen molar-refractivity contribution >= 4 is 65.7 Å². The molecule has 0 N–H and O–H groups in total. The Kier molecular flexibility index (Phi) is 4.05. The molecule has 3 nitrogen and oxygen atoms in total. The molecular formula is C36H21NO2. The van der Waals surface area contributed by atoms with Crippen LogP contribution in [0.5, 0.6) is 0 Å². The van der Waals surface area contributed by atoms with Gasteiger partial charge in [-0.3, -0.25) is 0 Å². The predicted molar refractivity (Wildman–Crippen MR) is 161 cm³/mol. The first kappa shape index (κ1) is 20.7. The van der Waals surface area contributed by atoms with Gasteiger partial charge in [0.25, 0.3) is 0 Å². The SMILES string of the molecule is c1ccc2c(c1)oc1c(-c3cccc4oc5ccc(-n6c7ccccc7c7ccccc76)cc5c34)cccc12. The van der Waals surface area contributed by atoms with E-state index in [1.165, 1.54) is 21.8 Å². The van der Waals surface area contributed by atoms with E-state index in [-0.39, 0.29) is 0 Å². The summed E-state index contributed by atoms with van der Waals surface area (Å²) < 4.78 is 15.2. The fourth-order valence-electron chi connectivity index (χ4n) is 6.34. The van der Waals surface area contributed by atoms with Gasteiger partial charge >= 0.3 is 0 Å². The molecular weight excluding hydrogens is 478 g/mol. The second-order valence-corrected chi connectivity index (χ2v) is 10.1. The highest BCUT2D eigenvalue weighted by molar-refractivity contribution is 6.18. The molecule has 0 saturated carbocycles. The molecule has 0 spiro atoms. The van der Waals surface area contributed by atoms with Gasteiger partial charge in [-0.15, -0.1) is 0 Å². The van der Waals surface area contributed by atoms with Crippen LogP contribution in [-0.4, -0.2) is 4.57 Å². The highest BCUT2D eigenvalue weighted by atomic mass is 16.3. The van der Waals surface area contributed by atoms with E-state index in [9.17, 15) is 0 Å². The summed E-state index contributed by atoms with van der Waals surface area (Å²) in [6, 6.07) is 44.7. The van der Waals surface area contributed by atoms with E-state index in [0.717, 1.165) is 60.7 Å². The van der Waals surface area contributed by atoms with Crippen molar-refractivity contribution in [3.8, 4) is 16.8 Å². The maximum Gasteiger partial charge on any atom is 0.143 e. The second kappa shape index (κ2) is 7.62. The molecule has 182 valence electrons. The Balaban J connectivity index is 1.36. The van der Waals surface area contributed by atoms with Crippen molar-refractivity contribution in [1.82, 2.24) is 4.57 Å². The molecule has 0 bridgehead atoms. The summed E-state index contributed by atoms with van der Waals surface area (Å²) in [6.07, 6.45) is 0. The fourth-order valence-corrected chi connectivity index (χ4v) is 6.34. The molecule has 3 aromatic heterocycles. The third-order valence-electron chi connectivity index (χ3n) is 8.01. The summed E-state index contributed by atoms with van der Waals surface area (Å²) in [7, 11) is 0. The third-order valence-corrected chi connectivity index (χ3v) is 8.01. The number of furan rings is 2. The van der Waals surface area contributed by atoms with Gasteiger partial charge in [0.1, 0.15) is 22.3 Å². The first-order valence-corrected chi connectivity index (χ1v) is 13.2. The van der Waals surface area contributed by atoms with Crippen LogP contribution < -0.4 is 0 Å². The van der Waals surface area contributed by atoms with E-state index in [0.29, 0.717) is 0 Å². The molecule has 3 heterocycles. The Morgan fingerprint density at radius 1 is 0.410 bits per heavy atom. The third kappa shape index (κ3) is 2.82. The zero-order valence-electron chi connectivity index (χ0n) is 20.9. The minimum atomic E-state index is 0.870. The van der Waals surface area contributed by atoms with E-state index >= 15 is 0 Å². The van der Waals surface area contributed by atoms with Gasteiger partial charge in [-0.05, 0) is 48.0 Å². The molecule has 0 saturated heterocycles. The van der Waals surface area contributed by atoms with E-state index < -0.39 is 0 Å². The fraction of sp³-hybridized carbons (Fsp3) is 0. The van der Waals surface area contributed by atoms with Crippen LogP contribution in [0.15, 0.2) is 136 Å². The molecule has 0 atom stereocenters. The Hall–Kier alpha value is -5.28. The van der Waals surface area contributed by atoms with Gasteiger partial charge in [0.05, 0.1) is 11.0 Å². The summed E-state index contributed by atoms with van der Waals surface area (Å²) in [4.78, 5) is 0. The molecule has 9 rings (SSSR count). The van der Waals surface area contributed by atoms with Crippen molar-refractivity contribution in [2.45, 2.75) is 0 Å². The van der Waals surface area contributed by atoms with Gasteiger partial charge in [0.2, 0.25) is 0 Å². The van der Waals surface area contributed by atoms with Gasteiger partial charge < -0.3 is 13.4 Å². The molecule has 6 aromatic carbocycles. The van der Waals surface area contributed by atoms with Crippen molar-refractivity contribution in [2.24, 2.45) is 0 Å². The summed E-state index contributed by atoms with van der Waals surface area (Å²) in [6.45, 7) is 0. The minimum absolute atomic E-state index is 0.870. The zero-order chi connectivity index (χ0) is 25.5. The standard InChI is InChI=1S/C36H21NO2/c1-4-15-30-23(9-1)24-10-2-5-16-31(24)37(30)22-19-20-33-29(21-22)35-26(12-8-18-34(35)38-33)28-14-7-13-27-25-11-3-6-17-32(25)39-36(27)28/h1-21H. The maximum atomic E-state index is 6.42. The second-order valence-electron chi connectivity index (χ2n) is 10.1. The van der Waals surface area contributed by atoms with Crippen molar-refractivity contribution < 1.29 is 8.83 Å². The van der Waals surface area contributed by atoms with Crippen LogP contribution in [0.25, 0.3) is 82.5 Å². The maximum absolute atomic E-state index is 6.42. The van der Waals surface area contributed by atoms with Crippen molar-refractivity contribution in [3.63, 3.8) is 0 Å². The number of para-hydroxylation sites is 4. The van der Waals surface area contributed by atoms with Crippen LogP contribution in [-0.2, 0) is 0 Å². The van der Waals surface area contributed by atoms with E-state index in [1.807, 2.05) is 12.1 Å². The van der Waals surface area contributed by atoms with Crippen LogP contribution in [0, 0.1) is 0 Å². The highest BCUT2D eigenvalue weighted by Gasteiger charge is 2.19. The largest absolute Gasteiger partial charge is 0.456 e. The molecule has 0 aliphatic carbocycles. The molecule has 0 amide bonds. The molecule has 0 aliphatic rings. The van der Waals surface area contributed by atoms with Gasteiger partial charge in [0, 0.05) is 43.6 Å². The number of rotatable bonds is 2. The van der Waals surface area contributed by atoms with Crippen LogP contribution in [0.2, 0.25) is 0 Å². The van der Waals surface area contributed by atoms with Gasteiger partial charge in [0.15, 0.2) is 0 Å². The van der Waals surface area contributed by atoms with Gasteiger partial charge in [-0.2, -0.15) is 0 Å². The van der Waals surface area contributed by atoms with Crippen molar-refractivity contribution in [3.05, 3.63) is 127 Å². The molecule has 0 unspecified atom stereocenters. The van der Waals surface area contributed by atoms with Crippen molar-refractivity contribution in [1.29, 1.82) is 0 Å². The monoisotopic (exact) mass is 499 g/mol. The number of nitrogens with zero attached hydrogens (tertiary/aromatic N) is 1. The predicted octanol–water partition coefficient (Wildman–Crippen LogP) is 10.2. The Labute approximate surface area is 223 Å². The van der Waals surface area contributed by atoms with E-state index in [1.54, 1.807) is 0 Å². The van der Waals surface area contributed by atoms with Gasteiger partial charge in [-0.1, -0.05) is 84.9 Å². The van der Waals surface area contributed by atoms with E-state index in [4.69, 9.17) is 8.83 Å². The average Bonchev–Trinajstić information content (AvgIpc) is 3.66. The molecule has 0 radical (unpaired) electrons. The van der Waals surface area contributed by atoms with Crippen molar-refractivity contribution in [2.75, 3.05) is 0 Å². The number of hydrogen-bond donors (Lipinski definition) is 0. The lowest BCUT2D eigenvalue weighted by atomic mass is 9.97. The Morgan fingerprint density at radius 3 is 1.85 bits per heavy atom. The summed E-state index contributed by atoms with van der Waals surface area (Å²) >= 11 is 0. The highest BCUT2D eigenvalue weighted by Crippen LogP contribution is 2.42. The lowest BCUT2D eigenvalue weighted by molar-refractivity contribution is 0.668. The smallest absolute Gasteiger partial charge is 0.143 e. The summed E-state index contributed by atoms with van der Waals surface area (Å²) in [5, 5.41) is 6.95. The first-order chi connectivity index (χ1) is 19.3. The minimum Gasteiger partial charge on any atom is -0.456 e. The Bertz CT molecular complexity index is 2350. The number of hydrogen-bond acceptors (Lipinski definition) is 2. The normalized spacial score (nSPS) is 12.1. The number of aromatic nitrogens is 1. The summed E-state index contributed by atoms with van der Waals surface area (Å²) in [5.41, 5.74) is 9.22. The lowest BCUT2D eigenvalue weighted by Gasteiger charge is -2.09. The zero-order valence-corrected chi connectivity index (χ0v) is 20.9. The number of benzene rings is 6. The molecule has 39 heavy (non-hydrogen) atoms. The van der Waals surface area contributed by atoms with E-state index in [2.05, 4.69) is 120 Å². The average molecular weight is 500 g/mol. The summed E-state index contributed by atoms with van der Waals surface area (Å²) in [5.74, 6) is 0. The molecule has 9 aromatic rings. The lowest BCUT2D eigenvalue weighted by Crippen LogP contribution is -1.93. The quantitative estimate of drug-likeness (QED) is 0.237. The molecule has 3 heteroatoms. The van der Waals surface area contributed by atoms with Crippen LogP contribution in [0.1, 0.15) is 0 Å². The number of fused-ring (bicyclic) bond motifs is 9. The first-order valence-electron chi connectivity index (χ1n) is 13.2. The Morgan fingerprint density at radius 2 is 1.03 bits per heavy atom. The topological polar surface area (TPSA) is 31.2 Å². The van der Waals surface area contributed by atoms with Crippen LogP contribution >= 0.6 is 0 Å². The molecule has 0 aliphatic heterocycles. The van der Waals surface area contributed by atoms with Gasteiger partial charge in [-0.25, -0.2) is 0 Å². The molecule has 0 fully saturated rings.